The van der Waals surface area contributed by atoms with Crippen LogP contribution in [0.15, 0.2) is 47.7 Å². The maximum Gasteiger partial charge on any atom is 0.222 e. The van der Waals surface area contributed by atoms with Gasteiger partial charge < -0.3 is 15.5 Å². The largest absolute Gasteiger partial charge is 0.352 e. The maximum absolute atomic E-state index is 11.8. The summed E-state index contributed by atoms with van der Waals surface area (Å²) >= 11 is 0. The molecule has 8 heteroatoms. The van der Waals surface area contributed by atoms with Crippen LogP contribution in [-0.4, -0.2) is 52.7 Å². The number of hydrogen-bond donors (Lipinski definition) is 2. The van der Waals surface area contributed by atoms with Crippen molar-refractivity contribution in [1.29, 1.82) is 0 Å². The molecule has 0 bridgehead atoms. The van der Waals surface area contributed by atoms with Crippen LogP contribution in [-0.2, 0) is 11.3 Å². The normalized spacial score (nSPS) is 16.7. The quantitative estimate of drug-likeness (QED) is 0.389. The van der Waals surface area contributed by atoms with Crippen LogP contribution in [0.4, 0.5) is 0 Å². The van der Waals surface area contributed by atoms with Crippen LogP contribution in [0.5, 0.6) is 0 Å². The summed E-state index contributed by atoms with van der Waals surface area (Å²) in [6.07, 6.45) is 5.20. The lowest BCUT2D eigenvalue weighted by Crippen LogP contribution is -2.44. The highest BCUT2D eigenvalue weighted by atomic mass is 127. The molecule has 0 saturated carbocycles. The molecule has 1 aromatic heterocycles. The summed E-state index contributed by atoms with van der Waals surface area (Å²) in [6.45, 7) is 4.15. The Kier molecular flexibility index (Phi) is 8.08. The van der Waals surface area contributed by atoms with E-state index in [4.69, 9.17) is 0 Å². The van der Waals surface area contributed by atoms with Gasteiger partial charge in [-0.25, -0.2) is 4.68 Å². The minimum atomic E-state index is 0. The van der Waals surface area contributed by atoms with Crippen LogP contribution in [0, 0.1) is 0 Å². The molecule has 1 aliphatic heterocycles. The molecule has 2 heterocycles. The summed E-state index contributed by atoms with van der Waals surface area (Å²) in [5.74, 6) is 0.978. The van der Waals surface area contributed by atoms with Crippen molar-refractivity contribution in [3.8, 4) is 5.69 Å². The van der Waals surface area contributed by atoms with E-state index < -0.39 is 0 Å². The fourth-order valence-electron chi connectivity index (χ4n) is 3.09. The van der Waals surface area contributed by atoms with Crippen molar-refractivity contribution in [3.63, 3.8) is 0 Å². The van der Waals surface area contributed by atoms with Crippen molar-refractivity contribution in [2.24, 2.45) is 4.99 Å². The van der Waals surface area contributed by atoms with Gasteiger partial charge in [-0.1, -0.05) is 19.1 Å². The van der Waals surface area contributed by atoms with Gasteiger partial charge in [0.25, 0.3) is 0 Å². The van der Waals surface area contributed by atoms with Crippen LogP contribution in [0.3, 0.4) is 0 Å². The fourth-order valence-corrected chi connectivity index (χ4v) is 3.09. The van der Waals surface area contributed by atoms with Gasteiger partial charge in [0, 0.05) is 51.5 Å². The van der Waals surface area contributed by atoms with Gasteiger partial charge >= 0.3 is 0 Å². The Morgan fingerprint density at radius 1 is 1.33 bits per heavy atom. The molecule has 27 heavy (non-hydrogen) atoms. The van der Waals surface area contributed by atoms with E-state index in [0.29, 0.717) is 13.0 Å². The van der Waals surface area contributed by atoms with E-state index in [1.807, 2.05) is 40.9 Å². The van der Waals surface area contributed by atoms with E-state index in [9.17, 15) is 4.79 Å². The highest BCUT2D eigenvalue weighted by Crippen LogP contribution is 2.11. The number of benzene rings is 1. The highest BCUT2D eigenvalue weighted by Gasteiger charge is 2.25. The topological polar surface area (TPSA) is 74.6 Å². The lowest BCUT2D eigenvalue weighted by atomic mass is 10.2. The summed E-state index contributed by atoms with van der Waals surface area (Å²) in [6, 6.07) is 10.4. The van der Waals surface area contributed by atoms with Crippen LogP contribution >= 0.6 is 24.0 Å². The third-order valence-electron chi connectivity index (χ3n) is 4.57. The molecule has 1 atom stereocenters. The van der Waals surface area contributed by atoms with Crippen LogP contribution in [0.1, 0.15) is 25.3 Å². The standard InChI is InChI=1S/C19H26N6O.HI/c1-3-18(26)24-12-9-16(14-24)23-19(20-2)21-13-15-5-7-17(8-6-15)25-11-4-10-22-25;/h4-8,10-11,16H,3,9,12-14H2,1-2H3,(H2,20,21,23);1H. The zero-order chi connectivity index (χ0) is 18.4. The van der Waals surface area contributed by atoms with Crippen molar-refractivity contribution in [2.45, 2.75) is 32.4 Å². The van der Waals surface area contributed by atoms with Crippen molar-refractivity contribution >= 4 is 35.8 Å². The van der Waals surface area contributed by atoms with E-state index in [2.05, 4.69) is 32.9 Å². The Bertz CT molecular complexity index is 744. The van der Waals surface area contributed by atoms with Gasteiger partial charge in [-0.15, -0.1) is 24.0 Å². The monoisotopic (exact) mass is 482 g/mol. The van der Waals surface area contributed by atoms with Crippen molar-refractivity contribution in [2.75, 3.05) is 20.1 Å². The van der Waals surface area contributed by atoms with Gasteiger partial charge in [-0.05, 0) is 30.2 Å². The van der Waals surface area contributed by atoms with Gasteiger partial charge in [0.2, 0.25) is 5.91 Å². The number of nitrogens with one attached hydrogen (secondary N) is 2. The lowest BCUT2D eigenvalue weighted by molar-refractivity contribution is -0.129. The number of rotatable bonds is 5. The summed E-state index contributed by atoms with van der Waals surface area (Å²) in [5.41, 5.74) is 2.20. The van der Waals surface area contributed by atoms with E-state index in [0.717, 1.165) is 36.7 Å². The molecule has 1 saturated heterocycles. The predicted molar refractivity (Wildman–Crippen MR) is 118 cm³/mol. The molecule has 1 aromatic carbocycles. The first-order valence-corrected chi connectivity index (χ1v) is 9.03. The molecule has 1 aliphatic rings. The SMILES string of the molecule is CCC(=O)N1CCC(NC(=NC)NCc2ccc(-n3cccn3)cc2)C1.I. The summed E-state index contributed by atoms with van der Waals surface area (Å²) in [4.78, 5) is 18.0. The Morgan fingerprint density at radius 3 is 2.74 bits per heavy atom. The number of amides is 1. The van der Waals surface area contributed by atoms with Crippen LogP contribution in [0.2, 0.25) is 0 Å². The minimum Gasteiger partial charge on any atom is -0.352 e. The predicted octanol–water partition coefficient (Wildman–Crippen LogP) is 2.17. The molecular weight excluding hydrogens is 455 g/mol. The molecule has 1 unspecified atom stereocenters. The van der Waals surface area contributed by atoms with Gasteiger partial charge in [0.1, 0.15) is 0 Å². The molecule has 2 aromatic rings. The third-order valence-corrected chi connectivity index (χ3v) is 4.57. The first-order chi connectivity index (χ1) is 12.7. The molecule has 1 fully saturated rings. The first kappa shape index (κ1) is 21.2. The number of likely N-dealkylation sites (tertiary alicyclic amines) is 1. The Morgan fingerprint density at radius 2 is 2.11 bits per heavy atom. The second-order valence-corrected chi connectivity index (χ2v) is 6.37. The Labute approximate surface area is 177 Å². The van der Waals surface area contributed by atoms with Gasteiger partial charge in [0.05, 0.1) is 5.69 Å². The Balaban J connectivity index is 0.00000261. The molecular formula is C19H27IN6O. The molecule has 0 aliphatic carbocycles. The number of aliphatic imine (C=N–C) groups is 1. The van der Waals surface area contributed by atoms with Gasteiger partial charge in [-0.3, -0.25) is 9.79 Å². The maximum atomic E-state index is 11.8. The molecule has 7 nitrogen and oxygen atoms in total. The highest BCUT2D eigenvalue weighted by molar-refractivity contribution is 14.0. The second kappa shape index (κ2) is 10.3. The number of carbonyl (C=O) groups excluding carboxylic acids is 1. The number of aromatic nitrogens is 2. The molecule has 1 amide bonds. The van der Waals surface area contributed by atoms with E-state index in [1.165, 1.54) is 0 Å². The van der Waals surface area contributed by atoms with Crippen molar-refractivity contribution < 1.29 is 4.79 Å². The van der Waals surface area contributed by atoms with Gasteiger partial charge in [0.15, 0.2) is 5.96 Å². The third kappa shape index (κ3) is 5.69. The molecule has 3 rings (SSSR count). The van der Waals surface area contributed by atoms with Crippen LogP contribution < -0.4 is 10.6 Å². The molecule has 146 valence electrons. The minimum absolute atomic E-state index is 0. The summed E-state index contributed by atoms with van der Waals surface area (Å²) in [5, 5.41) is 11.0. The average Bonchev–Trinajstić information content (AvgIpc) is 3.37. The second-order valence-electron chi connectivity index (χ2n) is 6.37. The van der Waals surface area contributed by atoms with Crippen LogP contribution in [0.25, 0.3) is 5.69 Å². The zero-order valence-corrected chi connectivity index (χ0v) is 18.1. The number of nitrogens with zero attached hydrogens (tertiary/aromatic N) is 4. The number of hydrogen-bond acceptors (Lipinski definition) is 3. The van der Waals surface area contributed by atoms with E-state index >= 15 is 0 Å². The van der Waals surface area contributed by atoms with E-state index in [-0.39, 0.29) is 35.9 Å². The Hall–Kier alpha value is -2.10. The van der Waals surface area contributed by atoms with E-state index in [1.54, 1.807) is 13.2 Å². The smallest absolute Gasteiger partial charge is 0.222 e. The molecule has 2 N–H and O–H groups in total. The number of carbonyl (C=O) groups is 1. The number of halogens is 1. The van der Waals surface area contributed by atoms with Gasteiger partial charge in [-0.2, -0.15) is 5.10 Å². The van der Waals surface area contributed by atoms with Crippen molar-refractivity contribution in [1.82, 2.24) is 25.3 Å². The average molecular weight is 482 g/mol. The lowest BCUT2D eigenvalue weighted by Gasteiger charge is -2.18. The summed E-state index contributed by atoms with van der Waals surface area (Å²) in [7, 11) is 1.76. The molecule has 0 spiro atoms. The first-order valence-electron chi connectivity index (χ1n) is 9.03. The zero-order valence-electron chi connectivity index (χ0n) is 15.8. The summed E-state index contributed by atoms with van der Waals surface area (Å²) < 4.78 is 1.83. The molecule has 0 radical (unpaired) electrons. The van der Waals surface area contributed by atoms with Crippen molar-refractivity contribution in [3.05, 3.63) is 48.3 Å². The number of guanidine groups is 1. The fraction of sp³-hybridized carbons (Fsp3) is 0.421.